The number of allylic oxidation sites excluding steroid dienone is 2. The first-order valence-electron chi connectivity index (χ1n) is 8.95. The Labute approximate surface area is 153 Å². The SMILES string of the molecule is FCCC=C[C@H]1CC[C@H](c2ccc(-c3ccc(Cl)c(F)c3)cc2)CC1. The third-order valence-corrected chi connectivity index (χ3v) is 5.40. The number of benzene rings is 2. The molecule has 0 unspecified atom stereocenters. The van der Waals surface area contributed by atoms with Gasteiger partial charge in [0, 0.05) is 0 Å². The summed E-state index contributed by atoms with van der Waals surface area (Å²) < 4.78 is 25.8. The van der Waals surface area contributed by atoms with Crippen LogP contribution in [0.25, 0.3) is 11.1 Å². The monoisotopic (exact) mass is 360 g/mol. The van der Waals surface area contributed by atoms with Crippen molar-refractivity contribution in [1.82, 2.24) is 0 Å². The fraction of sp³-hybridized carbons (Fsp3) is 0.364. The van der Waals surface area contributed by atoms with Crippen LogP contribution in [0.2, 0.25) is 5.02 Å². The maximum atomic E-state index is 13.6. The minimum Gasteiger partial charge on any atom is -0.251 e. The normalized spacial score (nSPS) is 20.9. The Balaban J connectivity index is 1.62. The van der Waals surface area contributed by atoms with E-state index < -0.39 is 0 Å². The van der Waals surface area contributed by atoms with Gasteiger partial charge in [-0.25, -0.2) is 4.39 Å². The lowest BCUT2D eigenvalue weighted by Gasteiger charge is -2.27. The van der Waals surface area contributed by atoms with Crippen molar-refractivity contribution in [3.8, 4) is 11.1 Å². The molecule has 0 heterocycles. The van der Waals surface area contributed by atoms with Crippen molar-refractivity contribution in [2.45, 2.75) is 38.0 Å². The van der Waals surface area contributed by atoms with Gasteiger partial charge in [-0.2, -0.15) is 0 Å². The van der Waals surface area contributed by atoms with Crippen LogP contribution >= 0.6 is 11.6 Å². The second-order valence-electron chi connectivity index (χ2n) is 6.77. The molecule has 1 fully saturated rings. The molecule has 0 radical (unpaired) electrons. The average Bonchev–Trinajstić information content (AvgIpc) is 2.65. The molecule has 0 aromatic heterocycles. The van der Waals surface area contributed by atoms with Crippen molar-refractivity contribution in [3.05, 3.63) is 71.0 Å². The molecule has 0 aliphatic heterocycles. The lowest BCUT2D eigenvalue weighted by molar-refractivity contribution is 0.375. The van der Waals surface area contributed by atoms with Gasteiger partial charge in [0.2, 0.25) is 0 Å². The van der Waals surface area contributed by atoms with Crippen LogP contribution in [0.5, 0.6) is 0 Å². The maximum Gasteiger partial charge on any atom is 0.142 e. The van der Waals surface area contributed by atoms with E-state index in [0.29, 0.717) is 18.3 Å². The first-order valence-corrected chi connectivity index (χ1v) is 9.33. The highest BCUT2D eigenvalue weighted by Gasteiger charge is 2.20. The molecular weight excluding hydrogens is 338 g/mol. The van der Waals surface area contributed by atoms with Gasteiger partial charge in [-0.15, -0.1) is 0 Å². The highest BCUT2D eigenvalue weighted by atomic mass is 35.5. The van der Waals surface area contributed by atoms with Crippen LogP contribution < -0.4 is 0 Å². The van der Waals surface area contributed by atoms with Crippen molar-refractivity contribution < 1.29 is 8.78 Å². The third-order valence-electron chi connectivity index (χ3n) is 5.09. The molecule has 132 valence electrons. The Morgan fingerprint density at radius 2 is 1.64 bits per heavy atom. The van der Waals surface area contributed by atoms with Crippen LogP contribution in [0, 0.1) is 11.7 Å². The van der Waals surface area contributed by atoms with Gasteiger partial charge in [0.05, 0.1) is 11.7 Å². The summed E-state index contributed by atoms with van der Waals surface area (Å²) >= 11 is 5.75. The average molecular weight is 361 g/mol. The predicted octanol–water partition coefficient (Wildman–Crippen LogP) is 7.34. The molecule has 1 aliphatic carbocycles. The van der Waals surface area contributed by atoms with Gasteiger partial charge in [0.15, 0.2) is 0 Å². The summed E-state index contributed by atoms with van der Waals surface area (Å²) in [4.78, 5) is 0. The summed E-state index contributed by atoms with van der Waals surface area (Å²) in [5.74, 6) is 0.795. The van der Waals surface area contributed by atoms with Gasteiger partial charge in [-0.1, -0.05) is 54.1 Å². The molecule has 0 amide bonds. The standard InChI is InChI=1S/C22H23ClF2/c23-21-13-12-20(15-22(21)25)19-10-8-18(9-11-19)17-6-4-16(5-7-17)3-1-2-14-24/h1,3,8-13,15-17H,2,4-7,14H2/t16-,17-. The van der Waals surface area contributed by atoms with E-state index in [1.807, 2.05) is 12.1 Å². The van der Waals surface area contributed by atoms with Gasteiger partial charge in [0.25, 0.3) is 0 Å². The van der Waals surface area contributed by atoms with Crippen LogP contribution in [0.3, 0.4) is 0 Å². The molecule has 0 N–H and O–H groups in total. The molecule has 0 atom stereocenters. The number of hydrogen-bond donors (Lipinski definition) is 0. The fourth-order valence-electron chi connectivity index (χ4n) is 3.62. The minimum absolute atomic E-state index is 0.151. The van der Waals surface area contributed by atoms with Gasteiger partial charge in [-0.05, 0) is 72.8 Å². The van der Waals surface area contributed by atoms with Crippen molar-refractivity contribution in [3.63, 3.8) is 0 Å². The summed E-state index contributed by atoms with van der Waals surface area (Å²) in [6.07, 6.45) is 9.36. The van der Waals surface area contributed by atoms with Crippen molar-refractivity contribution in [2.75, 3.05) is 6.67 Å². The van der Waals surface area contributed by atoms with Crippen molar-refractivity contribution in [1.29, 1.82) is 0 Å². The van der Waals surface area contributed by atoms with E-state index >= 15 is 0 Å². The predicted molar refractivity (Wildman–Crippen MR) is 101 cm³/mol. The Hall–Kier alpha value is -1.67. The fourth-order valence-corrected chi connectivity index (χ4v) is 3.74. The number of rotatable bonds is 5. The number of hydrogen-bond acceptors (Lipinski definition) is 0. The summed E-state index contributed by atoms with van der Waals surface area (Å²) in [7, 11) is 0. The maximum absolute atomic E-state index is 13.6. The van der Waals surface area contributed by atoms with Crippen LogP contribution in [0.15, 0.2) is 54.6 Å². The van der Waals surface area contributed by atoms with Crippen molar-refractivity contribution in [2.24, 2.45) is 5.92 Å². The Morgan fingerprint density at radius 1 is 0.960 bits per heavy atom. The van der Waals surface area contributed by atoms with Gasteiger partial charge in [-0.3, -0.25) is 4.39 Å². The zero-order valence-corrected chi connectivity index (χ0v) is 15.0. The van der Waals surface area contributed by atoms with Crippen LogP contribution in [-0.2, 0) is 0 Å². The molecule has 0 bridgehead atoms. The summed E-state index contributed by atoms with van der Waals surface area (Å²) in [5.41, 5.74) is 3.20. The highest BCUT2D eigenvalue weighted by molar-refractivity contribution is 6.30. The molecule has 1 aliphatic rings. The van der Waals surface area contributed by atoms with Crippen LogP contribution in [-0.4, -0.2) is 6.67 Å². The van der Waals surface area contributed by atoms with E-state index in [9.17, 15) is 8.78 Å². The molecule has 3 rings (SSSR count). The van der Waals surface area contributed by atoms with Crippen LogP contribution in [0.4, 0.5) is 8.78 Å². The molecule has 0 nitrogen and oxygen atoms in total. The Kier molecular flexibility index (Phi) is 6.25. The molecule has 3 heteroatoms. The summed E-state index contributed by atoms with van der Waals surface area (Å²) in [6, 6.07) is 13.4. The lowest BCUT2D eigenvalue weighted by atomic mass is 9.78. The van der Waals surface area contributed by atoms with Gasteiger partial charge < -0.3 is 0 Å². The first-order chi connectivity index (χ1) is 12.2. The third kappa shape index (κ3) is 4.70. The molecule has 2 aromatic carbocycles. The van der Waals surface area contributed by atoms with E-state index in [4.69, 9.17) is 11.6 Å². The highest BCUT2D eigenvalue weighted by Crippen LogP contribution is 2.37. The lowest BCUT2D eigenvalue weighted by Crippen LogP contribution is -2.11. The quantitative estimate of drug-likeness (QED) is 0.489. The molecular formula is C22H23ClF2. The Morgan fingerprint density at radius 3 is 2.28 bits per heavy atom. The van der Waals surface area contributed by atoms with Gasteiger partial charge >= 0.3 is 0 Å². The molecule has 1 saturated carbocycles. The number of alkyl halides is 1. The van der Waals surface area contributed by atoms with Crippen molar-refractivity contribution >= 4 is 11.6 Å². The van der Waals surface area contributed by atoms with Crippen LogP contribution in [0.1, 0.15) is 43.6 Å². The largest absolute Gasteiger partial charge is 0.251 e. The molecule has 2 aromatic rings. The molecule has 25 heavy (non-hydrogen) atoms. The molecule has 0 spiro atoms. The topological polar surface area (TPSA) is 0 Å². The molecule has 0 saturated heterocycles. The second kappa shape index (κ2) is 8.62. The van der Waals surface area contributed by atoms with Gasteiger partial charge in [0.1, 0.15) is 5.82 Å². The van der Waals surface area contributed by atoms with E-state index in [0.717, 1.165) is 24.0 Å². The zero-order valence-electron chi connectivity index (χ0n) is 14.2. The first kappa shape index (κ1) is 18.1. The Bertz CT molecular complexity index is 713. The van der Waals surface area contributed by atoms with E-state index in [1.54, 1.807) is 6.07 Å². The smallest absolute Gasteiger partial charge is 0.142 e. The zero-order chi connectivity index (χ0) is 17.6. The van der Waals surface area contributed by atoms with E-state index in [1.165, 1.54) is 24.5 Å². The minimum atomic E-state index is -0.387. The number of halogens is 3. The second-order valence-corrected chi connectivity index (χ2v) is 7.18. The summed E-state index contributed by atoms with van der Waals surface area (Å²) in [6.45, 7) is -0.268. The van der Waals surface area contributed by atoms with E-state index in [2.05, 4.69) is 30.3 Å². The van der Waals surface area contributed by atoms with E-state index in [-0.39, 0.29) is 17.5 Å². The summed E-state index contributed by atoms with van der Waals surface area (Å²) in [5, 5.41) is 0.151.